The van der Waals surface area contributed by atoms with Crippen LogP contribution in [0.15, 0.2) is 15.9 Å². The maximum atomic E-state index is 12.1. The number of rotatable bonds is 3. The summed E-state index contributed by atoms with van der Waals surface area (Å²) in [6, 6.07) is 4.15. The molecule has 1 fully saturated rings. The van der Waals surface area contributed by atoms with Crippen LogP contribution >= 0.6 is 39.0 Å². The van der Waals surface area contributed by atoms with Crippen molar-refractivity contribution in [2.75, 3.05) is 25.1 Å². The molecule has 0 saturated carbocycles. The Morgan fingerprint density at radius 2 is 2.44 bits per heavy atom. The van der Waals surface area contributed by atoms with Gasteiger partial charge in [0.2, 0.25) is 0 Å². The maximum absolute atomic E-state index is 12.1. The predicted octanol–water partition coefficient (Wildman–Crippen LogP) is 2.67. The number of nitrogens with zero attached hydrogens (tertiary/aromatic N) is 1. The molecule has 0 N–H and O–H groups in total. The van der Waals surface area contributed by atoms with Gasteiger partial charge in [0.05, 0.1) is 9.83 Å². The highest BCUT2D eigenvalue weighted by molar-refractivity contribution is 9.11. The lowest BCUT2D eigenvalue weighted by Gasteiger charge is -2.30. The van der Waals surface area contributed by atoms with Crippen LogP contribution in [0.1, 0.15) is 4.88 Å². The van der Waals surface area contributed by atoms with E-state index in [1.165, 1.54) is 0 Å². The summed E-state index contributed by atoms with van der Waals surface area (Å²) in [5, 5.41) is 0. The number of carbonyl (C=O) groups is 1. The third kappa shape index (κ3) is 3.09. The molecule has 0 aliphatic carbocycles. The quantitative estimate of drug-likeness (QED) is 0.854. The van der Waals surface area contributed by atoms with Gasteiger partial charge in [-0.15, -0.1) is 11.3 Å². The van der Waals surface area contributed by atoms with Crippen LogP contribution in [0.25, 0.3) is 0 Å². The zero-order valence-electron chi connectivity index (χ0n) is 9.11. The predicted molar refractivity (Wildman–Crippen MR) is 74.5 cm³/mol. The Morgan fingerprint density at radius 3 is 3.06 bits per heavy atom. The SMILES string of the molecule is CN1CCSCC1C(=O)Cc1ccc(Br)s1. The van der Waals surface area contributed by atoms with E-state index in [0.29, 0.717) is 12.2 Å². The maximum Gasteiger partial charge on any atom is 0.155 e. The van der Waals surface area contributed by atoms with Crippen molar-refractivity contribution >= 4 is 44.8 Å². The Kier molecular flexibility index (Phi) is 4.47. The summed E-state index contributed by atoms with van der Waals surface area (Å²) in [4.78, 5) is 15.5. The molecule has 1 unspecified atom stereocenters. The summed E-state index contributed by atoms with van der Waals surface area (Å²) in [6.45, 7) is 1.02. The van der Waals surface area contributed by atoms with Crippen LogP contribution < -0.4 is 0 Å². The molecule has 5 heteroatoms. The van der Waals surface area contributed by atoms with Gasteiger partial charge in [-0.3, -0.25) is 9.69 Å². The van der Waals surface area contributed by atoms with E-state index in [1.54, 1.807) is 11.3 Å². The standard InChI is InChI=1S/C11H14BrNOS2/c1-13-4-5-15-7-9(13)10(14)6-8-2-3-11(12)16-8/h2-3,9H,4-7H2,1H3. The summed E-state index contributed by atoms with van der Waals surface area (Å²) in [5.74, 6) is 2.44. The van der Waals surface area contributed by atoms with Crippen molar-refractivity contribution in [2.24, 2.45) is 0 Å². The molecule has 1 saturated heterocycles. The normalized spacial score (nSPS) is 22.2. The lowest BCUT2D eigenvalue weighted by molar-refractivity contribution is -0.122. The molecule has 2 heterocycles. The minimum Gasteiger partial charge on any atom is -0.297 e. The zero-order chi connectivity index (χ0) is 11.5. The minimum atomic E-state index is 0.111. The molecule has 88 valence electrons. The number of Topliss-reactive ketones (excluding diaryl/α,β-unsaturated/α-hetero) is 1. The fraction of sp³-hybridized carbons (Fsp3) is 0.545. The van der Waals surface area contributed by atoms with Crippen molar-refractivity contribution in [2.45, 2.75) is 12.5 Å². The molecular formula is C11H14BrNOS2. The zero-order valence-corrected chi connectivity index (χ0v) is 12.3. The molecule has 1 aliphatic rings. The smallest absolute Gasteiger partial charge is 0.155 e. The molecule has 1 aliphatic heterocycles. The number of thioether (sulfide) groups is 1. The minimum absolute atomic E-state index is 0.111. The van der Waals surface area contributed by atoms with Gasteiger partial charge in [0.15, 0.2) is 5.78 Å². The van der Waals surface area contributed by atoms with Gasteiger partial charge in [0, 0.05) is 29.3 Å². The van der Waals surface area contributed by atoms with E-state index in [9.17, 15) is 4.79 Å². The molecule has 0 radical (unpaired) electrons. The van der Waals surface area contributed by atoms with Gasteiger partial charge in [-0.25, -0.2) is 0 Å². The van der Waals surface area contributed by atoms with Gasteiger partial charge in [-0.1, -0.05) is 0 Å². The molecule has 2 rings (SSSR count). The third-order valence-electron chi connectivity index (χ3n) is 2.75. The van der Waals surface area contributed by atoms with Gasteiger partial charge < -0.3 is 0 Å². The third-order valence-corrected chi connectivity index (χ3v) is 5.39. The second-order valence-corrected chi connectivity index (χ2v) is 7.62. The van der Waals surface area contributed by atoms with E-state index >= 15 is 0 Å². The average Bonchev–Trinajstić information content (AvgIpc) is 2.64. The molecule has 1 aromatic heterocycles. The molecule has 1 atom stereocenters. The average molecular weight is 320 g/mol. The Bertz CT molecular complexity index is 380. The lowest BCUT2D eigenvalue weighted by Crippen LogP contribution is -2.45. The molecule has 16 heavy (non-hydrogen) atoms. The first-order chi connectivity index (χ1) is 7.66. The lowest BCUT2D eigenvalue weighted by atomic mass is 10.1. The van der Waals surface area contributed by atoms with Crippen LogP contribution in [0.5, 0.6) is 0 Å². The van der Waals surface area contributed by atoms with Gasteiger partial charge in [0.25, 0.3) is 0 Å². The summed E-state index contributed by atoms with van der Waals surface area (Å²) in [6.07, 6.45) is 0.575. The number of ketones is 1. The van der Waals surface area contributed by atoms with Crippen LogP contribution in [0.4, 0.5) is 0 Å². The van der Waals surface area contributed by atoms with E-state index in [1.807, 2.05) is 30.9 Å². The highest BCUT2D eigenvalue weighted by Crippen LogP contribution is 2.24. The number of hydrogen-bond donors (Lipinski definition) is 0. The topological polar surface area (TPSA) is 20.3 Å². The Morgan fingerprint density at radius 1 is 1.62 bits per heavy atom. The highest BCUT2D eigenvalue weighted by Gasteiger charge is 2.26. The first-order valence-electron chi connectivity index (χ1n) is 5.22. The van der Waals surface area contributed by atoms with E-state index in [4.69, 9.17) is 0 Å². The van der Waals surface area contributed by atoms with Gasteiger partial charge >= 0.3 is 0 Å². The van der Waals surface area contributed by atoms with Crippen LogP contribution in [0, 0.1) is 0 Å². The Hall–Kier alpha value is 0.160. The molecule has 0 spiro atoms. The van der Waals surface area contributed by atoms with Crippen molar-refractivity contribution < 1.29 is 4.79 Å². The fourth-order valence-electron chi connectivity index (χ4n) is 1.76. The Balaban J connectivity index is 1.96. The van der Waals surface area contributed by atoms with Gasteiger partial charge in [-0.2, -0.15) is 11.8 Å². The summed E-state index contributed by atoms with van der Waals surface area (Å²) in [5.41, 5.74) is 0. The Labute approximate surface area is 113 Å². The van der Waals surface area contributed by atoms with E-state index in [-0.39, 0.29) is 6.04 Å². The van der Waals surface area contributed by atoms with E-state index < -0.39 is 0 Å². The van der Waals surface area contributed by atoms with E-state index in [2.05, 4.69) is 20.8 Å². The van der Waals surface area contributed by atoms with Gasteiger partial charge in [0.1, 0.15) is 0 Å². The number of thiophene rings is 1. The largest absolute Gasteiger partial charge is 0.297 e. The van der Waals surface area contributed by atoms with Crippen molar-refractivity contribution in [1.82, 2.24) is 4.90 Å². The number of halogens is 1. The van der Waals surface area contributed by atoms with Crippen molar-refractivity contribution in [3.8, 4) is 0 Å². The monoisotopic (exact) mass is 319 g/mol. The molecule has 0 amide bonds. The van der Waals surface area contributed by atoms with Crippen LogP contribution in [0.3, 0.4) is 0 Å². The molecular weight excluding hydrogens is 306 g/mol. The molecule has 1 aromatic rings. The first kappa shape index (κ1) is 12.6. The van der Waals surface area contributed by atoms with E-state index in [0.717, 1.165) is 26.7 Å². The number of hydrogen-bond acceptors (Lipinski definition) is 4. The molecule has 0 aromatic carbocycles. The van der Waals surface area contributed by atoms with Crippen molar-refractivity contribution in [3.05, 3.63) is 20.8 Å². The van der Waals surface area contributed by atoms with Crippen LogP contribution in [-0.4, -0.2) is 41.8 Å². The van der Waals surface area contributed by atoms with Gasteiger partial charge in [-0.05, 0) is 35.1 Å². The highest BCUT2D eigenvalue weighted by atomic mass is 79.9. The number of carbonyl (C=O) groups excluding carboxylic acids is 1. The summed E-state index contributed by atoms with van der Waals surface area (Å²) < 4.78 is 1.10. The summed E-state index contributed by atoms with van der Waals surface area (Å²) in [7, 11) is 2.05. The van der Waals surface area contributed by atoms with Crippen molar-refractivity contribution in [1.29, 1.82) is 0 Å². The second kappa shape index (κ2) is 5.67. The number of likely N-dealkylation sites (N-methyl/N-ethyl adjacent to an activating group) is 1. The molecule has 2 nitrogen and oxygen atoms in total. The van der Waals surface area contributed by atoms with Crippen LogP contribution in [0.2, 0.25) is 0 Å². The fourth-order valence-corrected chi connectivity index (χ4v) is 4.50. The molecule has 0 bridgehead atoms. The van der Waals surface area contributed by atoms with Crippen molar-refractivity contribution in [3.63, 3.8) is 0 Å². The first-order valence-corrected chi connectivity index (χ1v) is 7.98. The van der Waals surface area contributed by atoms with Crippen LogP contribution in [-0.2, 0) is 11.2 Å². The summed E-state index contributed by atoms with van der Waals surface area (Å²) >= 11 is 6.96. The second-order valence-electron chi connectivity index (χ2n) is 3.92.